The molecule has 25 heavy (non-hydrogen) atoms. The van der Waals surface area contributed by atoms with Gasteiger partial charge in [0.1, 0.15) is 13.2 Å². The van der Waals surface area contributed by atoms with Crippen molar-refractivity contribution in [2.75, 3.05) is 19.8 Å². The van der Waals surface area contributed by atoms with Crippen LogP contribution in [0.25, 0.3) is 0 Å². The largest absolute Gasteiger partial charge is 0.486 e. The predicted molar refractivity (Wildman–Crippen MR) is 94.9 cm³/mol. The second-order valence-corrected chi connectivity index (χ2v) is 6.60. The first-order chi connectivity index (χ1) is 12.0. The average Bonchev–Trinajstić information content (AvgIpc) is 2.65. The van der Waals surface area contributed by atoms with Crippen molar-refractivity contribution in [1.82, 2.24) is 15.6 Å². The maximum Gasteiger partial charge on any atom is 0.315 e. The molecule has 1 aliphatic heterocycles. The van der Waals surface area contributed by atoms with Crippen LogP contribution in [0.2, 0.25) is 0 Å². The van der Waals surface area contributed by atoms with E-state index in [4.69, 9.17) is 9.47 Å². The summed E-state index contributed by atoms with van der Waals surface area (Å²) in [6.07, 6.45) is 1.71. The molecular formula is C19H23N3O3. The predicted octanol–water partition coefficient (Wildman–Crippen LogP) is 2.63. The van der Waals surface area contributed by atoms with E-state index in [0.717, 1.165) is 22.8 Å². The number of hydrogen-bond donors (Lipinski definition) is 2. The zero-order valence-electron chi connectivity index (χ0n) is 14.5. The highest BCUT2D eigenvalue weighted by molar-refractivity contribution is 5.73. The molecule has 3 rings (SSSR count). The number of hydrogen-bond acceptors (Lipinski definition) is 4. The minimum atomic E-state index is -0.238. The first-order valence-corrected chi connectivity index (χ1v) is 8.36. The summed E-state index contributed by atoms with van der Waals surface area (Å²) >= 11 is 0. The number of urea groups is 1. The normalized spacial score (nSPS) is 13.2. The van der Waals surface area contributed by atoms with Gasteiger partial charge in [0, 0.05) is 18.2 Å². The SMILES string of the molecule is CC(C)(CNC(=O)NCc1ccccn1)c1ccc2c(c1)OCCO2. The quantitative estimate of drug-likeness (QED) is 0.877. The van der Waals surface area contributed by atoms with E-state index in [-0.39, 0.29) is 11.4 Å². The molecule has 0 atom stereocenters. The summed E-state index contributed by atoms with van der Waals surface area (Å²) in [5, 5.41) is 5.74. The van der Waals surface area contributed by atoms with E-state index in [1.54, 1.807) is 6.20 Å². The highest BCUT2D eigenvalue weighted by atomic mass is 16.6. The van der Waals surface area contributed by atoms with Crippen LogP contribution in [0, 0.1) is 0 Å². The van der Waals surface area contributed by atoms with Gasteiger partial charge in [-0.15, -0.1) is 0 Å². The maximum atomic E-state index is 12.0. The molecule has 1 aromatic heterocycles. The lowest BCUT2D eigenvalue weighted by Crippen LogP contribution is -2.42. The van der Waals surface area contributed by atoms with Crippen LogP contribution in [-0.4, -0.2) is 30.8 Å². The van der Waals surface area contributed by atoms with Crippen molar-refractivity contribution >= 4 is 6.03 Å². The summed E-state index contributed by atoms with van der Waals surface area (Å²) in [7, 11) is 0. The van der Waals surface area contributed by atoms with Crippen LogP contribution >= 0.6 is 0 Å². The highest BCUT2D eigenvalue weighted by Gasteiger charge is 2.24. The summed E-state index contributed by atoms with van der Waals surface area (Å²) in [5.41, 5.74) is 1.67. The van der Waals surface area contributed by atoms with E-state index in [2.05, 4.69) is 29.5 Å². The summed E-state index contributed by atoms with van der Waals surface area (Å²) in [6, 6.07) is 11.3. The summed E-state index contributed by atoms with van der Waals surface area (Å²) in [6.45, 7) is 6.20. The summed E-state index contributed by atoms with van der Waals surface area (Å²) in [4.78, 5) is 16.2. The third kappa shape index (κ3) is 4.41. The van der Waals surface area contributed by atoms with Crippen molar-refractivity contribution < 1.29 is 14.3 Å². The molecule has 1 aliphatic rings. The van der Waals surface area contributed by atoms with Crippen LogP contribution in [0.5, 0.6) is 11.5 Å². The van der Waals surface area contributed by atoms with E-state index >= 15 is 0 Å². The van der Waals surface area contributed by atoms with Crippen molar-refractivity contribution in [3.05, 3.63) is 53.9 Å². The molecule has 0 bridgehead atoms. The first kappa shape index (κ1) is 17.1. The van der Waals surface area contributed by atoms with Gasteiger partial charge in [0.15, 0.2) is 11.5 Å². The van der Waals surface area contributed by atoms with Crippen molar-refractivity contribution in [3.63, 3.8) is 0 Å². The number of pyridine rings is 1. The number of nitrogens with one attached hydrogen (secondary N) is 2. The molecule has 6 nitrogen and oxygen atoms in total. The van der Waals surface area contributed by atoms with Gasteiger partial charge in [0.05, 0.1) is 12.2 Å². The lowest BCUT2D eigenvalue weighted by Gasteiger charge is -2.27. The minimum absolute atomic E-state index is 0.212. The third-order valence-electron chi connectivity index (χ3n) is 4.17. The number of ether oxygens (including phenoxy) is 2. The van der Waals surface area contributed by atoms with Gasteiger partial charge < -0.3 is 20.1 Å². The van der Waals surface area contributed by atoms with Gasteiger partial charge in [-0.05, 0) is 29.8 Å². The zero-order valence-corrected chi connectivity index (χ0v) is 14.5. The fourth-order valence-corrected chi connectivity index (χ4v) is 2.60. The van der Waals surface area contributed by atoms with Gasteiger partial charge in [-0.25, -0.2) is 4.79 Å². The number of carbonyl (C=O) groups is 1. The Bertz CT molecular complexity index is 732. The number of benzene rings is 1. The number of carbonyl (C=O) groups excluding carboxylic acids is 1. The molecule has 2 amide bonds. The Balaban J connectivity index is 1.55. The van der Waals surface area contributed by atoms with Crippen LogP contribution in [0.4, 0.5) is 4.79 Å². The Labute approximate surface area is 147 Å². The number of amides is 2. The molecule has 0 saturated heterocycles. The van der Waals surface area contributed by atoms with Crippen LogP contribution < -0.4 is 20.1 Å². The average molecular weight is 341 g/mol. The van der Waals surface area contributed by atoms with Crippen molar-refractivity contribution in [3.8, 4) is 11.5 Å². The molecule has 0 unspecified atom stereocenters. The van der Waals surface area contributed by atoms with E-state index in [1.807, 2.05) is 36.4 Å². The summed E-state index contributed by atoms with van der Waals surface area (Å²) in [5.74, 6) is 1.53. The molecule has 2 heterocycles. The van der Waals surface area contributed by atoms with Gasteiger partial charge in [0.2, 0.25) is 0 Å². The Morgan fingerprint density at radius 3 is 2.68 bits per heavy atom. The van der Waals surface area contributed by atoms with E-state index in [1.165, 1.54) is 0 Å². The van der Waals surface area contributed by atoms with Crippen LogP contribution in [0.3, 0.4) is 0 Å². The fourth-order valence-electron chi connectivity index (χ4n) is 2.60. The van der Waals surface area contributed by atoms with Crippen molar-refractivity contribution in [2.24, 2.45) is 0 Å². The Hall–Kier alpha value is -2.76. The first-order valence-electron chi connectivity index (χ1n) is 8.36. The molecule has 0 spiro atoms. The van der Waals surface area contributed by atoms with Crippen molar-refractivity contribution in [2.45, 2.75) is 25.8 Å². The maximum absolute atomic E-state index is 12.0. The van der Waals surface area contributed by atoms with Crippen molar-refractivity contribution in [1.29, 1.82) is 0 Å². The van der Waals surface area contributed by atoms with Gasteiger partial charge in [0.25, 0.3) is 0 Å². The smallest absolute Gasteiger partial charge is 0.315 e. The molecule has 6 heteroatoms. The Morgan fingerprint density at radius 2 is 1.92 bits per heavy atom. The molecule has 0 fully saturated rings. The van der Waals surface area contributed by atoms with Crippen LogP contribution in [0.15, 0.2) is 42.6 Å². The van der Waals surface area contributed by atoms with Gasteiger partial charge >= 0.3 is 6.03 Å². The minimum Gasteiger partial charge on any atom is -0.486 e. The third-order valence-corrected chi connectivity index (χ3v) is 4.17. The van der Waals surface area contributed by atoms with Gasteiger partial charge in [-0.1, -0.05) is 26.0 Å². The number of rotatable bonds is 5. The molecule has 0 aliphatic carbocycles. The topological polar surface area (TPSA) is 72.5 Å². The highest BCUT2D eigenvalue weighted by Crippen LogP contribution is 2.34. The standard InChI is InChI=1S/C19H23N3O3/c1-19(2,14-6-7-16-17(11-14)25-10-9-24-16)13-22-18(23)21-12-15-5-3-4-8-20-15/h3-8,11H,9-10,12-13H2,1-2H3,(H2,21,22,23). The molecular weight excluding hydrogens is 318 g/mol. The number of aromatic nitrogens is 1. The zero-order chi connectivity index (χ0) is 17.7. The lowest BCUT2D eigenvalue weighted by atomic mass is 9.84. The van der Waals surface area contributed by atoms with Crippen LogP contribution in [0.1, 0.15) is 25.1 Å². The van der Waals surface area contributed by atoms with E-state index in [0.29, 0.717) is 26.3 Å². The molecule has 0 radical (unpaired) electrons. The summed E-state index contributed by atoms with van der Waals surface area (Å²) < 4.78 is 11.2. The molecule has 1 aromatic carbocycles. The Morgan fingerprint density at radius 1 is 1.12 bits per heavy atom. The molecule has 2 N–H and O–H groups in total. The second kappa shape index (κ2) is 7.42. The van der Waals surface area contributed by atoms with Gasteiger partial charge in [-0.3, -0.25) is 4.98 Å². The van der Waals surface area contributed by atoms with Crippen LogP contribution in [-0.2, 0) is 12.0 Å². The molecule has 0 saturated carbocycles. The van der Waals surface area contributed by atoms with Gasteiger partial charge in [-0.2, -0.15) is 0 Å². The molecule has 2 aromatic rings. The Kier molecular flexibility index (Phi) is 5.07. The van der Waals surface area contributed by atoms with E-state index in [9.17, 15) is 4.79 Å². The molecule has 132 valence electrons. The lowest BCUT2D eigenvalue weighted by molar-refractivity contribution is 0.171. The monoisotopic (exact) mass is 341 g/mol. The number of nitrogens with zero attached hydrogens (tertiary/aromatic N) is 1. The second-order valence-electron chi connectivity index (χ2n) is 6.60. The van der Waals surface area contributed by atoms with E-state index < -0.39 is 0 Å². The fraction of sp³-hybridized carbons (Fsp3) is 0.368. The number of fused-ring (bicyclic) bond motifs is 1.